The Bertz CT molecular complexity index is 453. The molecule has 1 aromatic rings. The molecular weight excluding hydrogens is 285 g/mol. The van der Waals surface area contributed by atoms with E-state index in [1.165, 1.54) is 4.90 Å². The number of hydrogen-bond donors (Lipinski definition) is 0. The summed E-state index contributed by atoms with van der Waals surface area (Å²) >= 11 is 0. The fourth-order valence-electron chi connectivity index (χ4n) is 2.37. The SMILES string of the molecule is CC(C)c1noc([C@H](C)N2CCN(CC(F)(F)F)CC2)n1. The molecule has 0 unspecified atom stereocenters. The summed E-state index contributed by atoms with van der Waals surface area (Å²) in [6, 6.07) is -0.0713. The van der Waals surface area contributed by atoms with E-state index in [0.29, 0.717) is 37.9 Å². The summed E-state index contributed by atoms with van der Waals surface area (Å²) in [4.78, 5) is 7.85. The second-order valence-corrected chi connectivity index (χ2v) is 5.75. The summed E-state index contributed by atoms with van der Waals surface area (Å²) in [6.07, 6.45) is -4.13. The zero-order valence-electron chi connectivity index (χ0n) is 12.5. The minimum absolute atomic E-state index is 0.0713. The number of halogens is 3. The predicted octanol–water partition coefficient (Wildman–Crippen LogP) is 2.43. The van der Waals surface area contributed by atoms with Crippen molar-refractivity contribution in [2.75, 3.05) is 32.7 Å². The molecule has 0 radical (unpaired) electrons. The zero-order chi connectivity index (χ0) is 15.6. The van der Waals surface area contributed by atoms with E-state index in [9.17, 15) is 13.2 Å². The van der Waals surface area contributed by atoms with E-state index in [0.717, 1.165) is 0 Å². The van der Waals surface area contributed by atoms with Gasteiger partial charge in [0.05, 0.1) is 12.6 Å². The normalized spacial score (nSPS) is 20.1. The van der Waals surface area contributed by atoms with Crippen molar-refractivity contribution < 1.29 is 17.7 Å². The summed E-state index contributed by atoms with van der Waals surface area (Å²) in [6.45, 7) is 6.99. The average molecular weight is 306 g/mol. The molecule has 1 aromatic heterocycles. The van der Waals surface area contributed by atoms with Crippen LogP contribution in [0.25, 0.3) is 0 Å². The Hall–Kier alpha value is -1.15. The van der Waals surface area contributed by atoms with E-state index in [2.05, 4.69) is 15.0 Å². The highest BCUT2D eigenvalue weighted by Gasteiger charge is 2.33. The van der Waals surface area contributed by atoms with Crippen LogP contribution in [0, 0.1) is 0 Å². The molecule has 1 saturated heterocycles. The lowest BCUT2D eigenvalue weighted by Gasteiger charge is -2.36. The van der Waals surface area contributed by atoms with Crippen LogP contribution in [0.4, 0.5) is 13.2 Å². The van der Waals surface area contributed by atoms with Crippen LogP contribution in [0.3, 0.4) is 0 Å². The fourth-order valence-corrected chi connectivity index (χ4v) is 2.37. The molecule has 2 rings (SSSR count). The van der Waals surface area contributed by atoms with Gasteiger partial charge in [-0.1, -0.05) is 19.0 Å². The van der Waals surface area contributed by atoms with Gasteiger partial charge in [-0.25, -0.2) is 0 Å². The highest BCUT2D eigenvalue weighted by atomic mass is 19.4. The van der Waals surface area contributed by atoms with Gasteiger partial charge in [-0.05, 0) is 6.92 Å². The molecule has 0 amide bonds. The van der Waals surface area contributed by atoms with Crippen LogP contribution in [-0.2, 0) is 0 Å². The Morgan fingerprint density at radius 2 is 1.76 bits per heavy atom. The lowest BCUT2D eigenvalue weighted by molar-refractivity contribution is -0.149. The number of piperazine rings is 1. The molecule has 21 heavy (non-hydrogen) atoms. The van der Waals surface area contributed by atoms with E-state index in [4.69, 9.17) is 4.52 Å². The van der Waals surface area contributed by atoms with Gasteiger partial charge in [-0.15, -0.1) is 0 Å². The summed E-state index contributed by atoms with van der Waals surface area (Å²) < 4.78 is 42.3. The molecule has 0 spiro atoms. The number of hydrogen-bond acceptors (Lipinski definition) is 5. The Morgan fingerprint density at radius 3 is 2.24 bits per heavy atom. The lowest BCUT2D eigenvalue weighted by Crippen LogP contribution is -2.49. The molecule has 120 valence electrons. The molecular formula is C13H21F3N4O. The monoisotopic (exact) mass is 306 g/mol. The van der Waals surface area contributed by atoms with Crippen LogP contribution < -0.4 is 0 Å². The first-order chi connectivity index (χ1) is 9.76. The van der Waals surface area contributed by atoms with Crippen molar-refractivity contribution in [3.63, 3.8) is 0 Å². The van der Waals surface area contributed by atoms with Gasteiger partial charge in [-0.3, -0.25) is 9.80 Å². The Labute approximate surface area is 122 Å². The van der Waals surface area contributed by atoms with Crippen LogP contribution in [0.1, 0.15) is 44.4 Å². The van der Waals surface area contributed by atoms with Gasteiger partial charge >= 0.3 is 6.18 Å². The molecule has 0 bridgehead atoms. The molecule has 8 heteroatoms. The summed E-state index contributed by atoms with van der Waals surface area (Å²) in [5, 5.41) is 3.92. The zero-order valence-corrected chi connectivity index (χ0v) is 12.5. The van der Waals surface area contributed by atoms with E-state index in [1.54, 1.807) is 0 Å². The van der Waals surface area contributed by atoms with Crippen LogP contribution >= 0.6 is 0 Å². The topological polar surface area (TPSA) is 45.4 Å². The van der Waals surface area contributed by atoms with Crippen LogP contribution in [0.5, 0.6) is 0 Å². The van der Waals surface area contributed by atoms with Crippen molar-refractivity contribution in [2.24, 2.45) is 0 Å². The standard InChI is InChI=1S/C13H21F3N4O/c1-9(2)11-17-12(21-18-11)10(3)20-6-4-19(5-7-20)8-13(14,15)16/h9-10H,4-8H2,1-3H3/t10-/m0/s1. The van der Waals surface area contributed by atoms with E-state index < -0.39 is 12.7 Å². The van der Waals surface area contributed by atoms with Gasteiger partial charge in [-0.2, -0.15) is 18.2 Å². The molecule has 0 aromatic carbocycles. The molecule has 1 aliphatic rings. The fraction of sp³-hybridized carbons (Fsp3) is 0.846. The summed E-state index contributed by atoms with van der Waals surface area (Å²) in [7, 11) is 0. The molecule has 5 nitrogen and oxygen atoms in total. The third-order valence-electron chi connectivity index (χ3n) is 3.69. The van der Waals surface area contributed by atoms with Crippen molar-refractivity contribution in [3.8, 4) is 0 Å². The van der Waals surface area contributed by atoms with Crippen molar-refractivity contribution in [3.05, 3.63) is 11.7 Å². The van der Waals surface area contributed by atoms with Gasteiger partial charge in [0, 0.05) is 32.1 Å². The minimum atomic E-state index is -4.13. The van der Waals surface area contributed by atoms with Crippen molar-refractivity contribution in [1.82, 2.24) is 19.9 Å². The summed E-state index contributed by atoms with van der Waals surface area (Å²) in [5.74, 6) is 1.38. The Morgan fingerprint density at radius 1 is 1.14 bits per heavy atom. The third-order valence-corrected chi connectivity index (χ3v) is 3.69. The third kappa shape index (κ3) is 4.41. The molecule has 1 fully saturated rings. The van der Waals surface area contributed by atoms with Gasteiger partial charge < -0.3 is 4.52 Å². The molecule has 1 aliphatic heterocycles. The van der Waals surface area contributed by atoms with Crippen molar-refractivity contribution in [1.29, 1.82) is 0 Å². The molecule has 0 saturated carbocycles. The van der Waals surface area contributed by atoms with Crippen molar-refractivity contribution in [2.45, 2.75) is 38.9 Å². The minimum Gasteiger partial charge on any atom is -0.338 e. The Kier molecular flexibility index (Phi) is 4.88. The molecule has 1 atom stereocenters. The van der Waals surface area contributed by atoms with Crippen LogP contribution in [0.2, 0.25) is 0 Å². The van der Waals surface area contributed by atoms with Crippen molar-refractivity contribution >= 4 is 0 Å². The molecule has 2 heterocycles. The maximum Gasteiger partial charge on any atom is 0.401 e. The number of alkyl halides is 3. The van der Waals surface area contributed by atoms with Gasteiger partial charge in [0.2, 0.25) is 5.89 Å². The average Bonchev–Trinajstić information content (AvgIpc) is 2.86. The highest BCUT2D eigenvalue weighted by molar-refractivity contribution is 4.96. The van der Waals surface area contributed by atoms with E-state index in [-0.39, 0.29) is 12.0 Å². The second-order valence-electron chi connectivity index (χ2n) is 5.75. The first-order valence-electron chi connectivity index (χ1n) is 7.13. The van der Waals surface area contributed by atoms with E-state index >= 15 is 0 Å². The second kappa shape index (κ2) is 6.31. The largest absolute Gasteiger partial charge is 0.401 e. The maximum atomic E-state index is 12.4. The Balaban J connectivity index is 1.89. The first-order valence-corrected chi connectivity index (χ1v) is 7.13. The lowest BCUT2D eigenvalue weighted by atomic mass is 10.2. The first kappa shape index (κ1) is 16.2. The van der Waals surface area contributed by atoms with Gasteiger partial charge in [0.25, 0.3) is 0 Å². The molecule has 0 N–H and O–H groups in total. The van der Waals surface area contributed by atoms with Crippen LogP contribution in [-0.4, -0.2) is 58.8 Å². The predicted molar refractivity (Wildman–Crippen MR) is 70.9 cm³/mol. The quantitative estimate of drug-likeness (QED) is 0.855. The number of aromatic nitrogens is 2. The maximum absolute atomic E-state index is 12.4. The highest BCUT2D eigenvalue weighted by Crippen LogP contribution is 2.23. The number of nitrogens with zero attached hydrogens (tertiary/aromatic N) is 4. The van der Waals surface area contributed by atoms with E-state index in [1.807, 2.05) is 20.8 Å². The van der Waals surface area contributed by atoms with Gasteiger partial charge in [0.15, 0.2) is 5.82 Å². The molecule has 0 aliphatic carbocycles. The van der Waals surface area contributed by atoms with Gasteiger partial charge in [0.1, 0.15) is 0 Å². The summed E-state index contributed by atoms with van der Waals surface area (Å²) in [5.41, 5.74) is 0. The smallest absolute Gasteiger partial charge is 0.338 e. The number of rotatable bonds is 4. The van der Waals surface area contributed by atoms with Crippen LogP contribution in [0.15, 0.2) is 4.52 Å².